The molecule has 1 unspecified atom stereocenters. The second kappa shape index (κ2) is 8.39. The number of aromatic nitrogens is 1. The minimum atomic E-state index is -0.959. The summed E-state index contributed by atoms with van der Waals surface area (Å²) in [6.07, 6.45) is 1.46. The molecule has 5 rings (SSSR count). The third kappa shape index (κ3) is 3.91. The fourth-order valence-corrected chi connectivity index (χ4v) is 4.22. The minimum absolute atomic E-state index is 0.365. The lowest BCUT2D eigenvalue weighted by Gasteiger charge is -2.18. The third-order valence-electron chi connectivity index (χ3n) is 5.95. The Kier molecular flexibility index (Phi) is 5.26. The van der Waals surface area contributed by atoms with E-state index in [1.54, 1.807) is 0 Å². The molecule has 2 heterocycles. The molecule has 6 nitrogen and oxygen atoms in total. The first-order valence-corrected chi connectivity index (χ1v) is 10.8. The van der Waals surface area contributed by atoms with E-state index in [0.717, 1.165) is 55.8 Å². The number of nitrogens with one attached hydrogen (secondary N) is 2. The SMILES string of the molecule is CNc1cccc(-c2ccc(-c3nc4ccc(C)cc4c4c3CN=CC(C(=O)O)N4)cc2)c1. The summed E-state index contributed by atoms with van der Waals surface area (Å²) in [6.45, 7) is 2.38. The van der Waals surface area contributed by atoms with Crippen molar-refractivity contribution in [3.05, 3.63) is 77.9 Å². The van der Waals surface area contributed by atoms with E-state index in [0.29, 0.717) is 6.54 Å². The number of pyridine rings is 1. The van der Waals surface area contributed by atoms with Crippen molar-refractivity contribution in [1.82, 2.24) is 4.98 Å². The van der Waals surface area contributed by atoms with Crippen LogP contribution in [0.3, 0.4) is 0 Å². The van der Waals surface area contributed by atoms with Crippen LogP contribution in [0.15, 0.2) is 71.7 Å². The van der Waals surface area contributed by atoms with Crippen molar-refractivity contribution in [2.24, 2.45) is 4.99 Å². The maximum atomic E-state index is 11.7. The maximum absolute atomic E-state index is 11.7. The lowest BCUT2D eigenvalue weighted by atomic mass is 9.97. The van der Waals surface area contributed by atoms with Gasteiger partial charge in [-0.2, -0.15) is 0 Å². The number of benzene rings is 3. The molecule has 0 saturated heterocycles. The molecule has 4 aromatic rings. The van der Waals surface area contributed by atoms with E-state index in [1.165, 1.54) is 6.21 Å². The molecule has 1 aromatic heterocycles. The Hall–Kier alpha value is -4.19. The number of hydrogen-bond donors (Lipinski definition) is 3. The van der Waals surface area contributed by atoms with Crippen molar-refractivity contribution in [2.45, 2.75) is 19.5 Å². The van der Waals surface area contributed by atoms with Crippen molar-refractivity contribution in [2.75, 3.05) is 17.7 Å². The molecule has 6 heteroatoms. The van der Waals surface area contributed by atoms with Crippen molar-refractivity contribution in [1.29, 1.82) is 0 Å². The molecule has 0 saturated carbocycles. The molecule has 1 aliphatic rings. The number of hydrogen-bond acceptors (Lipinski definition) is 5. The Morgan fingerprint density at radius 1 is 1.03 bits per heavy atom. The number of carboxylic acids is 1. The monoisotopic (exact) mass is 436 g/mol. The van der Waals surface area contributed by atoms with Crippen LogP contribution in [0.2, 0.25) is 0 Å². The fraction of sp³-hybridized carbons (Fsp3) is 0.148. The maximum Gasteiger partial charge on any atom is 0.331 e. The highest BCUT2D eigenvalue weighted by molar-refractivity contribution is 6.03. The zero-order valence-electron chi connectivity index (χ0n) is 18.5. The molecular weight excluding hydrogens is 412 g/mol. The summed E-state index contributed by atoms with van der Waals surface area (Å²) in [6, 6.07) is 21.7. The second-order valence-electron chi connectivity index (χ2n) is 8.19. The summed E-state index contributed by atoms with van der Waals surface area (Å²) in [4.78, 5) is 21.1. The number of aliphatic imine (C=N–C) groups is 1. The van der Waals surface area contributed by atoms with Gasteiger partial charge in [-0.25, -0.2) is 9.78 Å². The van der Waals surface area contributed by atoms with Crippen LogP contribution in [0.1, 0.15) is 11.1 Å². The Morgan fingerprint density at radius 3 is 2.58 bits per heavy atom. The Morgan fingerprint density at radius 2 is 1.82 bits per heavy atom. The van der Waals surface area contributed by atoms with Gasteiger partial charge >= 0.3 is 5.97 Å². The first kappa shape index (κ1) is 20.7. The number of carbonyl (C=O) groups is 1. The molecule has 1 aliphatic heterocycles. The van der Waals surface area contributed by atoms with Crippen molar-refractivity contribution >= 4 is 34.5 Å². The standard InChI is InChI=1S/C27H24N4O2/c1-16-6-11-23-21(12-16)26-22(14-29-15-24(31-26)27(32)33)25(30-23)18-9-7-17(8-10-18)19-4-3-5-20(13-19)28-2/h3-13,15,24,28,31H,14H2,1-2H3,(H,32,33). The number of fused-ring (bicyclic) bond motifs is 3. The summed E-state index contributed by atoms with van der Waals surface area (Å²) >= 11 is 0. The Labute approximate surface area is 192 Å². The zero-order chi connectivity index (χ0) is 22.9. The van der Waals surface area contributed by atoms with E-state index in [1.807, 2.05) is 44.3 Å². The molecule has 0 aliphatic carbocycles. The van der Waals surface area contributed by atoms with E-state index in [4.69, 9.17) is 4.98 Å². The van der Waals surface area contributed by atoms with E-state index in [-0.39, 0.29) is 0 Å². The fourth-order valence-electron chi connectivity index (χ4n) is 4.22. The second-order valence-corrected chi connectivity index (χ2v) is 8.19. The highest BCUT2D eigenvalue weighted by Gasteiger charge is 2.24. The molecule has 0 fully saturated rings. The van der Waals surface area contributed by atoms with Crippen LogP contribution in [0.4, 0.5) is 11.4 Å². The molecule has 1 atom stereocenters. The van der Waals surface area contributed by atoms with Gasteiger partial charge in [0, 0.05) is 35.5 Å². The van der Waals surface area contributed by atoms with E-state index >= 15 is 0 Å². The smallest absolute Gasteiger partial charge is 0.331 e. The van der Waals surface area contributed by atoms with Gasteiger partial charge in [0.05, 0.1) is 23.4 Å². The Bertz CT molecular complexity index is 1390. The molecule has 3 N–H and O–H groups in total. The molecule has 33 heavy (non-hydrogen) atoms. The number of aryl methyl sites for hydroxylation is 1. The predicted molar refractivity (Wildman–Crippen MR) is 134 cm³/mol. The van der Waals surface area contributed by atoms with E-state index < -0.39 is 12.0 Å². The van der Waals surface area contributed by atoms with Gasteiger partial charge in [-0.3, -0.25) is 4.99 Å². The summed E-state index contributed by atoms with van der Waals surface area (Å²) in [7, 11) is 1.91. The largest absolute Gasteiger partial charge is 0.479 e. The first-order valence-electron chi connectivity index (χ1n) is 10.8. The highest BCUT2D eigenvalue weighted by atomic mass is 16.4. The molecule has 0 spiro atoms. The molecule has 0 amide bonds. The van der Waals surface area contributed by atoms with Crippen LogP contribution in [0.5, 0.6) is 0 Å². The molecule has 0 radical (unpaired) electrons. The van der Waals surface area contributed by atoms with Gasteiger partial charge in [0.25, 0.3) is 0 Å². The van der Waals surface area contributed by atoms with Crippen LogP contribution >= 0.6 is 0 Å². The minimum Gasteiger partial charge on any atom is -0.479 e. The number of rotatable bonds is 4. The van der Waals surface area contributed by atoms with E-state index in [2.05, 4.69) is 52.0 Å². The molecular formula is C27H24N4O2. The van der Waals surface area contributed by atoms with Gasteiger partial charge in [-0.1, -0.05) is 48.0 Å². The number of carboxylic acid groups (broad SMARTS) is 1. The number of anilines is 2. The van der Waals surface area contributed by atoms with Crippen LogP contribution in [-0.4, -0.2) is 35.4 Å². The van der Waals surface area contributed by atoms with Crippen molar-refractivity contribution < 1.29 is 9.90 Å². The van der Waals surface area contributed by atoms with Crippen molar-refractivity contribution in [3.63, 3.8) is 0 Å². The van der Waals surface area contributed by atoms with Crippen molar-refractivity contribution in [3.8, 4) is 22.4 Å². The molecule has 0 bridgehead atoms. The molecule has 164 valence electrons. The van der Waals surface area contributed by atoms with Gasteiger partial charge in [0.2, 0.25) is 0 Å². The normalized spacial score (nSPS) is 14.9. The van der Waals surface area contributed by atoms with Crippen LogP contribution in [-0.2, 0) is 11.3 Å². The average Bonchev–Trinajstić information content (AvgIpc) is 3.07. The summed E-state index contributed by atoms with van der Waals surface area (Å²) in [5.74, 6) is -0.959. The number of nitrogens with zero attached hydrogens (tertiary/aromatic N) is 2. The van der Waals surface area contributed by atoms with Crippen LogP contribution in [0.25, 0.3) is 33.3 Å². The predicted octanol–water partition coefficient (Wildman–Crippen LogP) is 5.37. The van der Waals surface area contributed by atoms with Gasteiger partial charge in [-0.15, -0.1) is 0 Å². The third-order valence-corrected chi connectivity index (χ3v) is 5.95. The van der Waals surface area contributed by atoms with Gasteiger partial charge in [0.15, 0.2) is 6.04 Å². The lowest BCUT2D eigenvalue weighted by Crippen LogP contribution is -2.30. The van der Waals surface area contributed by atoms with Crippen LogP contribution < -0.4 is 10.6 Å². The van der Waals surface area contributed by atoms with Gasteiger partial charge < -0.3 is 15.7 Å². The quantitative estimate of drug-likeness (QED) is 0.400. The molecule has 3 aromatic carbocycles. The zero-order valence-corrected chi connectivity index (χ0v) is 18.5. The summed E-state index contributed by atoms with van der Waals surface area (Å²) < 4.78 is 0. The van der Waals surface area contributed by atoms with Gasteiger partial charge in [-0.05, 0) is 42.3 Å². The van der Waals surface area contributed by atoms with E-state index in [9.17, 15) is 9.90 Å². The van der Waals surface area contributed by atoms with Gasteiger partial charge in [0.1, 0.15) is 0 Å². The van der Waals surface area contributed by atoms with Crippen LogP contribution in [0, 0.1) is 6.92 Å². The topological polar surface area (TPSA) is 86.6 Å². The highest BCUT2D eigenvalue weighted by Crippen LogP contribution is 2.37. The summed E-state index contributed by atoms with van der Waals surface area (Å²) in [5, 5.41) is 16.9. The summed E-state index contributed by atoms with van der Waals surface area (Å²) in [5.41, 5.74) is 8.67. The number of aliphatic carboxylic acids is 1. The average molecular weight is 437 g/mol. The Balaban J connectivity index is 1.64. The first-order chi connectivity index (χ1) is 16.0. The lowest BCUT2D eigenvalue weighted by molar-refractivity contribution is -0.136.